The largest absolute Gasteiger partial charge is 0.350 e. The number of aryl methyl sites for hydroxylation is 1. The number of H-pyrrole nitrogens is 1. The van der Waals surface area contributed by atoms with E-state index in [0.29, 0.717) is 30.2 Å². The zero-order valence-corrected chi connectivity index (χ0v) is 17.8. The molecule has 160 valence electrons. The molecule has 0 radical (unpaired) electrons. The number of hydrogen-bond acceptors (Lipinski definition) is 4. The van der Waals surface area contributed by atoms with E-state index >= 15 is 0 Å². The molecule has 2 atom stereocenters. The highest BCUT2D eigenvalue weighted by atomic mass is 35.5. The summed E-state index contributed by atoms with van der Waals surface area (Å²) in [5.41, 5.74) is 2.39. The van der Waals surface area contributed by atoms with Gasteiger partial charge in [-0.3, -0.25) is 9.59 Å². The van der Waals surface area contributed by atoms with Crippen LogP contribution >= 0.6 is 11.6 Å². The topological polar surface area (TPSA) is 91.0 Å². The number of carbonyl (C=O) groups is 2. The fourth-order valence-corrected chi connectivity index (χ4v) is 3.94. The van der Waals surface area contributed by atoms with Crippen molar-refractivity contribution < 1.29 is 14.0 Å². The molecule has 1 aliphatic rings. The van der Waals surface area contributed by atoms with Gasteiger partial charge in [-0.25, -0.2) is 14.4 Å². The number of carbonyl (C=O) groups excluding carboxylic acids is 2. The van der Waals surface area contributed by atoms with Crippen molar-refractivity contribution in [3.8, 4) is 11.3 Å². The molecule has 1 aliphatic heterocycles. The van der Waals surface area contributed by atoms with Crippen LogP contribution in [0.1, 0.15) is 29.7 Å². The van der Waals surface area contributed by atoms with Gasteiger partial charge in [-0.15, -0.1) is 0 Å². The van der Waals surface area contributed by atoms with E-state index in [1.807, 2.05) is 13.0 Å². The lowest BCUT2D eigenvalue weighted by Crippen LogP contribution is -2.39. The van der Waals surface area contributed by atoms with E-state index in [-0.39, 0.29) is 28.8 Å². The van der Waals surface area contributed by atoms with E-state index < -0.39 is 5.82 Å². The van der Waals surface area contributed by atoms with Gasteiger partial charge in [0.2, 0.25) is 5.91 Å². The van der Waals surface area contributed by atoms with E-state index in [2.05, 4.69) is 20.3 Å². The molecule has 2 N–H and O–H groups in total. The molecule has 1 fully saturated rings. The molecule has 1 saturated heterocycles. The van der Waals surface area contributed by atoms with Crippen molar-refractivity contribution in [1.82, 2.24) is 19.9 Å². The van der Waals surface area contributed by atoms with Gasteiger partial charge >= 0.3 is 0 Å². The number of rotatable bonds is 4. The first-order chi connectivity index (χ1) is 14.8. The van der Waals surface area contributed by atoms with Gasteiger partial charge in [0.25, 0.3) is 5.91 Å². The van der Waals surface area contributed by atoms with E-state index in [4.69, 9.17) is 11.6 Å². The van der Waals surface area contributed by atoms with Crippen LogP contribution in [0.5, 0.6) is 0 Å². The minimum Gasteiger partial charge on any atom is -0.350 e. The monoisotopic (exact) mass is 441 g/mol. The van der Waals surface area contributed by atoms with Crippen molar-refractivity contribution in [2.75, 3.05) is 11.9 Å². The maximum Gasteiger partial charge on any atom is 0.270 e. The zero-order chi connectivity index (χ0) is 22.1. The first-order valence-electron chi connectivity index (χ1n) is 9.88. The van der Waals surface area contributed by atoms with E-state index in [0.717, 1.165) is 11.3 Å². The third-order valence-corrected chi connectivity index (χ3v) is 5.84. The summed E-state index contributed by atoms with van der Waals surface area (Å²) < 4.78 is 13.3. The molecule has 1 aromatic carbocycles. The molecule has 2 amide bonds. The number of hydrogen-bond donors (Lipinski definition) is 2. The number of halogens is 2. The second-order valence-corrected chi connectivity index (χ2v) is 7.96. The highest BCUT2D eigenvalue weighted by molar-refractivity contribution is 6.31. The van der Waals surface area contributed by atoms with Crippen LogP contribution in [-0.4, -0.2) is 44.3 Å². The van der Waals surface area contributed by atoms with Crippen molar-refractivity contribution in [1.29, 1.82) is 0 Å². The van der Waals surface area contributed by atoms with Crippen LogP contribution < -0.4 is 5.32 Å². The number of benzene rings is 1. The number of anilines is 1. The first kappa shape index (κ1) is 21.0. The molecule has 0 aliphatic carbocycles. The van der Waals surface area contributed by atoms with Gasteiger partial charge < -0.3 is 15.2 Å². The van der Waals surface area contributed by atoms with E-state index in [1.54, 1.807) is 30.3 Å². The fourth-order valence-electron chi connectivity index (χ4n) is 3.76. The highest BCUT2D eigenvalue weighted by Crippen LogP contribution is 2.28. The minimum atomic E-state index is -0.548. The number of nitrogens with zero attached hydrogens (tertiary/aromatic N) is 3. The van der Waals surface area contributed by atoms with Crippen LogP contribution in [0, 0.1) is 18.7 Å². The van der Waals surface area contributed by atoms with E-state index in [9.17, 15) is 14.0 Å². The van der Waals surface area contributed by atoms with Gasteiger partial charge in [-0.2, -0.15) is 0 Å². The molecule has 9 heteroatoms. The SMILES string of the molecule is Cc1ncc(-c2ccc(C(=O)N3CC[C@H](C(=O)Nc4ccc(F)c(Cl)c4)[C@@H]3C)[nH]2)cn1. The second-order valence-electron chi connectivity index (χ2n) is 7.56. The molecular formula is C22H21ClFN5O2. The fraction of sp³-hybridized carbons (Fsp3) is 0.273. The number of aromatic amines is 1. The third-order valence-electron chi connectivity index (χ3n) is 5.55. The summed E-state index contributed by atoms with van der Waals surface area (Å²) in [6.45, 7) is 4.12. The Hall–Kier alpha value is -3.26. The molecule has 0 unspecified atom stereocenters. The zero-order valence-electron chi connectivity index (χ0n) is 17.0. The first-order valence-corrected chi connectivity index (χ1v) is 10.3. The van der Waals surface area contributed by atoms with Crippen LogP contribution in [0.3, 0.4) is 0 Å². The third kappa shape index (κ3) is 4.29. The lowest BCUT2D eigenvalue weighted by atomic mass is 10.0. The van der Waals surface area contributed by atoms with Gasteiger partial charge in [0.15, 0.2) is 0 Å². The molecule has 7 nitrogen and oxygen atoms in total. The second kappa shape index (κ2) is 8.47. The summed E-state index contributed by atoms with van der Waals surface area (Å²) in [4.78, 5) is 38.9. The van der Waals surface area contributed by atoms with Crippen LogP contribution in [0.15, 0.2) is 42.7 Å². The van der Waals surface area contributed by atoms with Crippen LogP contribution in [-0.2, 0) is 4.79 Å². The lowest BCUT2D eigenvalue weighted by Gasteiger charge is -2.24. The van der Waals surface area contributed by atoms with E-state index in [1.165, 1.54) is 18.2 Å². The number of nitrogens with one attached hydrogen (secondary N) is 2. The molecule has 0 spiro atoms. The van der Waals surface area contributed by atoms with Crippen molar-refractivity contribution in [2.24, 2.45) is 5.92 Å². The summed E-state index contributed by atoms with van der Waals surface area (Å²) in [5.74, 6) is -0.660. The smallest absolute Gasteiger partial charge is 0.270 e. The van der Waals surface area contributed by atoms with Crippen molar-refractivity contribution in [3.63, 3.8) is 0 Å². The summed E-state index contributed by atoms with van der Waals surface area (Å²) in [5, 5.41) is 2.70. The Morgan fingerprint density at radius 3 is 2.68 bits per heavy atom. The molecule has 2 aromatic heterocycles. The van der Waals surface area contributed by atoms with Gasteiger partial charge in [-0.05, 0) is 50.6 Å². The van der Waals surface area contributed by atoms with Crippen molar-refractivity contribution in [2.45, 2.75) is 26.3 Å². The Labute approximate surface area is 183 Å². The Morgan fingerprint density at radius 1 is 1.23 bits per heavy atom. The Kier molecular flexibility index (Phi) is 5.73. The van der Waals surface area contributed by atoms with Gasteiger partial charge in [0.05, 0.1) is 10.9 Å². The molecule has 4 rings (SSSR count). The standard InChI is InChI=1S/C22H21ClFN5O2/c1-12-16(21(30)27-15-3-4-18(24)17(23)9-15)7-8-29(12)22(31)20-6-5-19(28-20)14-10-25-13(2)26-11-14/h3-6,9-12,16,28H,7-8H2,1-2H3,(H,27,30)/t12-,16-/m0/s1. The van der Waals surface area contributed by atoms with Gasteiger partial charge in [0.1, 0.15) is 17.3 Å². The molecule has 3 aromatic rings. The average Bonchev–Trinajstić information content (AvgIpc) is 3.38. The number of aromatic nitrogens is 3. The van der Waals surface area contributed by atoms with Crippen LogP contribution in [0.4, 0.5) is 10.1 Å². The van der Waals surface area contributed by atoms with Gasteiger partial charge in [0, 0.05) is 41.9 Å². The van der Waals surface area contributed by atoms with Crippen molar-refractivity contribution in [3.05, 3.63) is 65.1 Å². The van der Waals surface area contributed by atoms with Gasteiger partial charge in [-0.1, -0.05) is 11.6 Å². The summed E-state index contributed by atoms with van der Waals surface area (Å²) in [6.07, 6.45) is 3.93. The molecular weight excluding hydrogens is 421 g/mol. The molecule has 0 bridgehead atoms. The number of likely N-dealkylation sites (tertiary alicyclic amines) is 1. The predicted molar refractivity (Wildman–Crippen MR) is 115 cm³/mol. The highest BCUT2D eigenvalue weighted by Gasteiger charge is 2.38. The number of amides is 2. The molecule has 0 saturated carbocycles. The maximum atomic E-state index is 13.3. The normalized spacial score (nSPS) is 18.3. The van der Waals surface area contributed by atoms with Crippen molar-refractivity contribution >= 4 is 29.1 Å². The van der Waals surface area contributed by atoms with Crippen LogP contribution in [0.2, 0.25) is 5.02 Å². The Balaban J connectivity index is 1.44. The summed E-state index contributed by atoms with van der Waals surface area (Å²) >= 11 is 5.78. The Bertz CT molecular complexity index is 1130. The lowest BCUT2D eigenvalue weighted by molar-refractivity contribution is -0.120. The minimum absolute atomic E-state index is 0.0596. The molecule has 31 heavy (non-hydrogen) atoms. The summed E-state index contributed by atoms with van der Waals surface area (Å²) in [7, 11) is 0. The molecule has 3 heterocycles. The predicted octanol–water partition coefficient (Wildman–Crippen LogP) is 4.06. The summed E-state index contributed by atoms with van der Waals surface area (Å²) in [6, 6.07) is 7.26. The average molecular weight is 442 g/mol. The van der Waals surface area contributed by atoms with Crippen LogP contribution in [0.25, 0.3) is 11.3 Å². The Morgan fingerprint density at radius 2 is 1.97 bits per heavy atom. The quantitative estimate of drug-likeness (QED) is 0.638. The maximum absolute atomic E-state index is 13.3.